The fraction of sp³-hybridized carbons (Fsp3) is 0.200. The summed E-state index contributed by atoms with van der Waals surface area (Å²) in [4.78, 5) is 18.5. The van der Waals surface area contributed by atoms with Gasteiger partial charge in [0, 0.05) is 25.3 Å². The van der Waals surface area contributed by atoms with Crippen LogP contribution in [0.4, 0.5) is 5.69 Å². The number of rotatable bonds is 5. The first-order chi connectivity index (χ1) is 12.5. The molecule has 2 aromatic rings. The highest BCUT2D eigenvalue weighted by Crippen LogP contribution is 2.29. The van der Waals surface area contributed by atoms with Crippen molar-refractivity contribution in [3.05, 3.63) is 59.3 Å². The molecule has 0 aliphatic carbocycles. The van der Waals surface area contributed by atoms with Crippen LogP contribution in [-0.4, -0.2) is 40.2 Å². The topological polar surface area (TPSA) is 60.4 Å². The fourth-order valence-corrected chi connectivity index (χ4v) is 2.53. The Balaban J connectivity index is 1.89. The van der Waals surface area contributed by atoms with Crippen molar-refractivity contribution in [3.8, 4) is 11.5 Å². The summed E-state index contributed by atoms with van der Waals surface area (Å²) in [5, 5.41) is 0. The Kier molecular flexibility index (Phi) is 4.93. The zero-order valence-electron chi connectivity index (χ0n) is 15.1. The van der Waals surface area contributed by atoms with Gasteiger partial charge in [-0.1, -0.05) is 12.1 Å². The van der Waals surface area contributed by atoms with Gasteiger partial charge in [-0.05, 0) is 42.0 Å². The number of anilines is 1. The van der Waals surface area contributed by atoms with Crippen molar-refractivity contribution < 1.29 is 19.0 Å². The van der Waals surface area contributed by atoms with Crippen LogP contribution in [0.15, 0.2) is 53.2 Å². The quantitative estimate of drug-likeness (QED) is 0.611. The first kappa shape index (κ1) is 17.5. The van der Waals surface area contributed by atoms with E-state index in [0.717, 1.165) is 11.3 Å². The Morgan fingerprint density at radius 2 is 1.69 bits per heavy atom. The minimum atomic E-state index is -0.480. The van der Waals surface area contributed by atoms with Crippen LogP contribution in [0.25, 0.3) is 6.08 Å². The van der Waals surface area contributed by atoms with Crippen LogP contribution >= 0.6 is 0 Å². The number of carbonyl (C=O) groups is 1. The van der Waals surface area contributed by atoms with Gasteiger partial charge in [-0.2, -0.15) is 0 Å². The van der Waals surface area contributed by atoms with Crippen LogP contribution in [0.1, 0.15) is 11.1 Å². The number of ether oxygens (including phenoxy) is 3. The molecule has 0 amide bonds. The van der Waals surface area contributed by atoms with E-state index in [1.165, 1.54) is 0 Å². The lowest BCUT2D eigenvalue weighted by Gasteiger charge is -2.11. The Morgan fingerprint density at radius 3 is 2.31 bits per heavy atom. The summed E-state index contributed by atoms with van der Waals surface area (Å²) >= 11 is 0. The van der Waals surface area contributed by atoms with Crippen molar-refractivity contribution in [2.75, 3.05) is 33.2 Å². The van der Waals surface area contributed by atoms with Gasteiger partial charge < -0.3 is 19.1 Å². The molecule has 0 N–H and O–H groups in total. The summed E-state index contributed by atoms with van der Waals surface area (Å²) in [5.74, 6) is 0.900. The van der Waals surface area contributed by atoms with E-state index in [1.54, 1.807) is 38.5 Å². The standard InChI is InChI=1S/C20H20N2O4/c1-22(2)15-8-5-13(6-9-15)11-16-20(23)26-19(21-16)14-7-10-17(24-3)18(12-14)25-4/h5-12H,1-4H3/b16-11+. The largest absolute Gasteiger partial charge is 0.493 e. The molecular weight excluding hydrogens is 332 g/mol. The fourth-order valence-electron chi connectivity index (χ4n) is 2.53. The minimum Gasteiger partial charge on any atom is -0.493 e. The monoisotopic (exact) mass is 352 g/mol. The van der Waals surface area contributed by atoms with E-state index in [1.807, 2.05) is 43.3 Å². The van der Waals surface area contributed by atoms with Gasteiger partial charge in [0.05, 0.1) is 14.2 Å². The van der Waals surface area contributed by atoms with Crippen molar-refractivity contribution in [1.82, 2.24) is 0 Å². The third-order valence-electron chi connectivity index (χ3n) is 3.96. The summed E-state index contributed by atoms with van der Waals surface area (Å²) in [6, 6.07) is 13.0. The molecule has 0 radical (unpaired) electrons. The molecule has 6 nitrogen and oxygen atoms in total. The SMILES string of the molecule is COc1ccc(C2=N/C(=C/c3ccc(N(C)C)cc3)C(=O)O2)cc1OC. The molecule has 26 heavy (non-hydrogen) atoms. The number of hydrogen-bond donors (Lipinski definition) is 0. The summed E-state index contributed by atoms with van der Waals surface area (Å²) in [6.07, 6.45) is 1.70. The maximum Gasteiger partial charge on any atom is 0.363 e. The number of esters is 1. The number of cyclic esters (lactones) is 1. The van der Waals surface area contributed by atoms with Crippen molar-refractivity contribution in [1.29, 1.82) is 0 Å². The molecule has 0 bridgehead atoms. The molecule has 3 rings (SSSR count). The lowest BCUT2D eigenvalue weighted by atomic mass is 10.1. The first-order valence-corrected chi connectivity index (χ1v) is 8.04. The maximum absolute atomic E-state index is 12.1. The highest BCUT2D eigenvalue weighted by Gasteiger charge is 2.25. The molecule has 0 spiro atoms. The van der Waals surface area contributed by atoms with Crippen LogP contribution in [-0.2, 0) is 9.53 Å². The Hall–Kier alpha value is -3.28. The van der Waals surface area contributed by atoms with Crippen LogP contribution in [0, 0.1) is 0 Å². The average molecular weight is 352 g/mol. The van der Waals surface area contributed by atoms with Crippen LogP contribution in [0.2, 0.25) is 0 Å². The molecule has 134 valence electrons. The van der Waals surface area contributed by atoms with E-state index in [4.69, 9.17) is 14.2 Å². The van der Waals surface area contributed by atoms with Gasteiger partial charge in [0.2, 0.25) is 5.90 Å². The van der Waals surface area contributed by atoms with Crippen LogP contribution in [0.5, 0.6) is 11.5 Å². The Morgan fingerprint density at radius 1 is 1.00 bits per heavy atom. The van der Waals surface area contributed by atoms with E-state index in [0.29, 0.717) is 17.1 Å². The first-order valence-electron chi connectivity index (χ1n) is 8.04. The molecule has 0 saturated heterocycles. The smallest absolute Gasteiger partial charge is 0.363 e. The zero-order valence-corrected chi connectivity index (χ0v) is 15.1. The number of hydrogen-bond acceptors (Lipinski definition) is 6. The molecule has 6 heteroatoms. The molecular formula is C20H20N2O4. The van der Waals surface area contributed by atoms with Gasteiger partial charge in [-0.25, -0.2) is 9.79 Å². The van der Waals surface area contributed by atoms with Crippen molar-refractivity contribution in [2.24, 2.45) is 4.99 Å². The minimum absolute atomic E-state index is 0.243. The number of aliphatic imine (C=N–C) groups is 1. The molecule has 1 aliphatic rings. The number of methoxy groups -OCH3 is 2. The molecule has 1 heterocycles. The lowest BCUT2D eigenvalue weighted by Crippen LogP contribution is -2.08. The highest BCUT2D eigenvalue weighted by molar-refractivity contribution is 6.13. The third-order valence-corrected chi connectivity index (χ3v) is 3.96. The number of benzene rings is 2. The highest BCUT2D eigenvalue weighted by atomic mass is 16.6. The van der Waals surface area contributed by atoms with Gasteiger partial charge >= 0.3 is 5.97 Å². The van der Waals surface area contributed by atoms with Gasteiger partial charge in [0.15, 0.2) is 17.2 Å². The number of nitrogens with zero attached hydrogens (tertiary/aromatic N) is 2. The van der Waals surface area contributed by atoms with Gasteiger partial charge in [0.1, 0.15) is 0 Å². The molecule has 0 saturated carbocycles. The van der Waals surface area contributed by atoms with E-state index in [9.17, 15) is 4.79 Å². The van der Waals surface area contributed by atoms with Gasteiger partial charge in [-0.15, -0.1) is 0 Å². The molecule has 2 aromatic carbocycles. The second kappa shape index (κ2) is 7.31. The second-order valence-corrected chi connectivity index (χ2v) is 5.89. The van der Waals surface area contributed by atoms with Crippen LogP contribution < -0.4 is 14.4 Å². The summed E-state index contributed by atoms with van der Waals surface area (Å²) < 4.78 is 15.8. The zero-order chi connectivity index (χ0) is 18.7. The van der Waals surface area contributed by atoms with E-state index in [2.05, 4.69) is 4.99 Å². The molecule has 0 unspecified atom stereocenters. The van der Waals surface area contributed by atoms with Gasteiger partial charge in [-0.3, -0.25) is 0 Å². The summed E-state index contributed by atoms with van der Waals surface area (Å²) in [6.45, 7) is 0. The summed E-state index contributed by atoms with van der Waals surface area (Å²) in [5.41, 5.74) is 2.85. The van der Waals surface area contributed by atoms with Crippen molar-refractivity contribution >= 4 is 23.6 Å². The van der Waals surface area contributed by atoms with Gasteiger partial charge in [0.25, 0.3) is 0 Å². The third kappa shape index (κ3) is 3.54. The number of carbonyl (C=O) groups excluding carboxylic acids is 1. The van der Waals surface area contributed by atoms with Crippen molar-refractivity contribution in [3.63, 3.8) is 0 Å². The van der Waals surface area contributed by atoms with E-state index in [-0.39, 0.29) is 11.6 Å². The predicted octanol–water partition coefficient (Wildman–Crippen LogP) is 3.11. The van der Waals surface area contributed by atoms with Crippen LogP contribution in [0.3, 0.4) is 0 Å². The summed E-state index contributed by atoms with van der Waals surface area (Å²) in [7, 11) is 7.06. The molecule has 1 aliphatic heterocycles. The van der Waals surface area contributed by atoms with E-state index < -0.39 is 5.97 Å². The lowest BCUT2D eigenvalue weighted by molar-refractivity contribution is -0.129. The maximum atomic E-state index is 12.1. The van der Waals surface area contributed by atoms with Crippen molar-refractivity contribution in [2.45, 2.75) is 0 Å². The molecule has 0 aromatic heterocycles. The average Bonchev–Trinajstić information content (AvgIpc) is 3.02. The normalized spacial score (nSPS) is 14.8. The Labute approximate surface area is 152 Å². The Bertz CT molecular complexity index is 883. The predicted molar refractivity (Wildman–Crippen MR) is 101 cm³/mol. The molecule has 0 fully saturated rings. The van der Waals surface area contributed by atoms with E-state index >= 15 is 0 Å². The second-order valence-electron chi connectivity index (χ2n) is 5.89. The molecule has 0 atom stereocenters.